The van der Waals surface area contributed by atoms with Gasteiger partial charge in [-0.3, -0.25) is 15.0 Å². The SMILES string of the molecule is Cc1ccncc1-c1ccc2[nH]nc(-c3nc4c(-c5cc(F)cc(OCCN6CCCC6)c5)cccc4[nH]3)c2n1. The highest BCUT2D eigenvalue weighted by Gasteiger charge is 2.18. The number of nitrogens with zero attached hydrogens (tertiary/aromatic N) is 5. The van der Waals surface area contributed by atoms with Crippen molar-refractivity contribution in [1.29, 1.82) is 0 Å². The van der Waals surface area contributed by atoms with Crippen molar-refractivity contribution in [2.45, 2.75) is 19.8 Å². The highest BCUT2D eigenvalue weighted by atomic mass is 19.1. The Morgan fingerprint density at radius 2 is 1.85 bits per heavy atom. The minimum absolute atomic E-state index is 0.345. The predicted octanol–water partition coefficient (Wildman–Crippen LogP) is 6.15. The van der Waals surface area contributed by atoms with Gasteiger partial charge in [0.15, 0.2) is 11.5 Å². The first kappa shape index (κ1) is 24.4. The lowest BCUT2D eigenvalue weighted by molar-refractivity contribution is 0.237. The van der Waals surface area contributed by atoms with E-state index in [1.54, 1.807) is 6.20 Å². The van der Waals surface area contributed by atoms with Gasteiger partial charge in [0, 0.05) is 36.1 Å². The molecule has 7 rings (SSSR count). The van der Waals surface area contributed by atoms with Crippen LogP contribution in [0.25, 0.3) is 56.0 Å². The number of likely N-dealkylation sites (tertiary alicyclic amines) is 1. The van der Waals surface area contributed by atoms with Crippen LogP contribution in [0.2, 0.25) is 0 Å². The zero-order valence-electron chi connectivity index (χ0n) is 22.1. The van der Waals surface area contributed by atoms with Gasteiger partial charge in [0.1, 0.15) is 23.7 Å². The Kier molecular flexibility index (Phi) is 6.20. The van der Waals surface area contributed by atoms with E-state index in [9.17, 15) is 4.39 Å². The van der Waals surface area contributed by atoms with E-state index in [0.29, 0.717) is 35.0 Å². The maximum Gasteiger partial charge on any atom is 0.161 e. The fourth-order valence-electron chi connectivity index (χ4n) is 5.42. The molecule has 2 aromatic carbocycles. The monoisotopic (exact) mass is 533 g/mol. The molecule has 1 saturated heterocycles. The Morgan fingerprint density at radius 3 is 2.73 bits per heavy atom. The standard InChI is InChI=1S/C31H28FN7O/c1-19-9-10-33-18-24(19)25-7-8-27-29(34-25)30(38-37-27)31-35-26-6-4-5-23(28(26)36-31)20-15-21(32)17-22(16-20)40-14-13-39-11-2-3-12-39/h4-10,15-18H,2-3,11-14H2,1H3,(H,35,36)(H,37,38). The maximum absolute atomic E-state index is 14.7. The Balaban J connectivity index is 1.24. The molecule has 200 valence electrons. The number of rotatable bonds is 7. The molecule has 9 heteroatoms. The first-order valence-electron chi connectivity index (χ1n) is 13.5. The van der Waals surface area contributed by atoms with Crippen molar-refractivity contribution in [2.75, 3.05) is 26.2 Å². The number of nitrogens with one attached hydrogen (secondary N) is 2. The van der Waals surface area contributed by atoms with E-state index in [0.717, 1.165) is 58.6 Å². The second-order valence-corrected chi connectivity index (χ2v) is 10.2. The van der Waals surface area contributed by atoms with Crippen molar-refractivity contribution in [3.63, 3.8) is 0 Å². The molecule has 8 nitrogen and oxygen atoms in total. The van der Waals surface area contributed by atoms with Crippen LogP contribution in [-0.2, 0) is 0 Å². The average molecular weight is 534 g/mol. The molecular formula is C31H28FN7O. The lowest BCUT2D eigenvalue weighted by Crippen LogP contribution is -2.25. The Hall–Kier alpha value is -4.63. The van der Waals surface area contributed by atoms with Gasteiger partial charge in [-0.25, -0.2) is 14.4 Å². The summed E-state index contributed by atoms with van der Waals surface area (Å²) >= 11 is 0. The molecule has 0 atom stereocenters. The van der Waals surface area contributed by atoms with E-state index < -0.39 is 0 Å². The first-order valence-corrected chi connectivity index (χ1v) is 13.5. The summed E-state index contributed by atoms with van der Waals surface area (Å²) in [7, 11) is 0. The van der Waals surface area contributed by atoms with Crippen LogP contribution < -0.4 is 4.74 Å². The van der Waals surface area contributed by atoms with Crippen LogP contribution in [0, 0.1) is 12.7 Å². The Labute approximate surface area is 230 Å². The quantitative estimate of drug-likeness (QED) is 0.256. The lowest BCUT2D eigenvalue weighted by atomic mass is 10.0. The third-order valence-corrected chi connectivity index (χ3v) is 7.52. The van der Waals surface area contributed by atoms with Crippen LogP contribution in [0.1, 0.15) is 18.4 Å². The second-order valence-electron chi connectivity index (χ2n) is 10.2. The number of ether oxygens (including phenoxy) is 1. The van der Waals surface area contributed by atoms with E-state index in [1.807, 2.05) is 55.6 Å². The molecule has 0 saturated carbocycles. The van der Waals surface area contributed by atoms with Gasteiger partial charge in [0.05, 0.1) is 22.2 Å². The zero-order valence-corrected chi connectivity index (χ0v) is 22.1. The number of aryl methyl sites for hydroxylation is 1. The smallest absolute Gasteiger partial charge is 0.161 e. The van der Waals surface area contributed by atoms with Crippen LogP contribution in [0.5, 0.6) is 5.75 Å². The molecule has 0 bridgehead atoms. The summed E-state index contributed by atoms with van der Waals surface area (Å²) in [6.45, 7) is 5.62. The number of pyridine rings is 2. The van der Waals surface area contributed by atoms with Crippen LogP contribution >= 0.6 is 0 Å². The number of H-pyrrole nitrogens is 2. The highest BCUT2D eigenvalue weighted by Crippen LogP contribution is 2.34. The first-order chi connectivity index (χ1) is 19.6. The second kappa shape index (κ2) is 10.2. The van der Waals surface area contributed by atoms with E-state index in [2.05, 4.69) is 25.1 Å². The number of halogens is 1. The molecule has 0 radical (unpaired) electrons. The summed E-state index contributed by atoms with van der Waals surface area (Å²) in [5.74, 6) is 0.754. The topological polar surface area (TPSA) is 95.6 Å². The fourth-order valence-corrected chi connectivity index (χ4v) is 5.42. The van der Waals surface area contributed by atoms with Crippen LogP contribution in [0.3, 0.4) is 0 Å². The minimum atomic E-state index is -0.345. The normalized spacial score (nSPS) is 13.9. The van der Waals surface area contributed by atoms with Crippen LogP contribution in [0.4, 0.5) is 4.39 Å². The van der Waals surface area contributed by atoms with Crippen LogP contribution in [0.15, 0.2) is 67.0 Å². The van der Waals surface area contributed by atoms with Gasteiger partial charge in [-0.2, -0.15) is 5.10 Å². The lowest BCUT2D eigenvalue weighted by Gasteiger charge is -2.15. The van der Waals surface area contributed by atoms with Crippen molar-refractivity contribution in [2.24, 2.45) is 0 Å². The maximum atomic E-state index is 14.7. The molecule has 1 aliphatic heterocycles. The number of hydrogen-bond donors (Lipinski definition) is 2. The third kappa shape index (κ3) is 4.58. The van der Waals surface area contributed by atoms with Crippen molar-refractivity contribution >= 4 is 22.1 Å². The molecular weight excluding hydrogens is 505 g/mol. The molecule has 6 aromatic rings. The van der Waals surface area contributed by atoms with Crippen molar-refractivity contribution in [3.8, 4) is 39.7 Å². The van der Waals surface area contributed by atoms with Gasteiger partial charge in [-0.1, -0.05) is 12.1 Å². The number of hydrogen-bond acceptors (Lipinski definition) is 6. The number of benzene rings is 2. The summed E-state index contributed by atoms with van der Waals surface area (Å²) in [5.41, 5.74) is 8.07. The summed E-state index contributed by atoms with van der Waals surface area (Å²) in [5, 5.41) is 7.60. The zero-order chi connectivity index (χ0) is 27.1. The minimum Gasteiger partial charge on any atom is -0.492 e. The largest absolute Gasteiger partial charge is 0.492 e. The molecule has 1 aliphatic rings. The van der Waals surface area contributed by atoms with E-state index in [-0.39, 0.29) is 5.82 Å². The predicted molar refractivity (Wildman–Crippen MR) is 154 cm³/mol. The van der Waals surface area contributed by atoms with Gasteiger partial charge in [-0.15, -0.1) is 0 Å². The molecule has 5 heterocycles. The number of aromatic nitrogens is 6. The molecule has 1 fully saturated rings. The van der Waals surface area contributed by atoms with Gasteiger partial charge < -0.3 is 9.72 Å². The molecule has 4 aromatic heterocycles. The summed E-state index contributed by atoms with van der Waals surface area (Å²) < 4.78 is 20.7. The van der Waals surface area contributed by atoms with E-state index in [1.165, 1.54) is 25.0 Å². The number of aromatic amines is 2. The highest BCUT2D eigenvalue weighted by molar-refractivity contribution is 5.96. The van der Waals surface area contributed by atoms with Crippen LogP contribution in [-0.4, -0.2) is 61.3 Å². The summed E-state index contributed by atoms with van der Waals surface area (Å²) in [6, 6.07) is 16.6. The van der Waals surface area contributed by atoms with Gasteiger partial charge in [0.25, 0.3) is 0 Å². The van der Waals surface area contributed by atoms with Gasteiger partial charge >= 0.3 is 0 Å². The summed E-state index contributed by atoms with van der Waals surface area (Å²) in [6.07, 6.45) is 6.06. The van der Waals surface area contributed by atoms with Crippen molar-refractivity contribution in [3.05, 3.63) is 78.4 Å². The fraction of sp³-hybridized carbons (Fsp3) is 0.226. The van der Waals surface area contributed by atoms with E-state index in [4.69, 9.17) is 14.7 Å². The molecule has 0 unspecified atom stereocenters. The average Bonchev–Trinajstić information content (AvgIpc) is 3.72. The van der Waals surface area contributed by atoms with E-state index >= 15 is 0 Å². The third-order valence-electron chi connectivity index (χ3n) is 7.52. The van der Waals surface area contributed by atoms with Gasteiger partial charge in [-0.05, 0) is 80.4 Å². The Bertz CT molecular complexity index is 1840. The molecule has 40 heavy (non-hydrogen) atoms. The van der Waals surface area contributed by atoms with Gasteiger partial charge in [0.2, 0.25) is 0 Å². The molecule has 0 aliphatic carbocycles. The molecule has 2 N–H and O–H groups in total. The molecule has 0 amide bonds. The molecule has 0 spiro atoms. The summed E-state index contributed by atoms with van der Waals surface area (Å²) in [4.78, 5) is 19.9. The number of imidazole rings is 1. The van der Waals surface area contributed by atoms with Crippen molar-refractivity contribution < 1.29 is 9.13 Å². The van der Waals surface area contributed by atoms with Crippen molar-refractivity contribution in [1.82, 2.24) is 35.0 Å². The number of fused-ring (bicyclic) bond motifs is 2. The Morgan fingerprint density at radius 1 is 0.950 bits per heavy atom. The number of para-hydroxylation sites is 1.